The Labute approximate surface area is 84.0 Å². The first-order valence-corrected chi connectivity index (χ1v) is 6.53. The SMILES string of the molecule is NCCNC(=O)CC1CCS(=O)(=O)C1. The van der Waals surface area contributed by atoms with Gasteiger partial charge in [-0.15, -0.1) is 0 Å². The second-order valence-corrected chi connectivity index (χ2v) is 5.84. The fraction of sp³-hybridized carbons (Fsp3) is 0.875. The molecule has 5 nitrogen and oxygen atoms in total. The van der Waals surface area contributed by atoms with E-state index in [4.69, 9.17) is 5.73 Å². The van der Waals surface area contributed by atoms with Crippen LogP contribution in [0.5, 0.6) is 0 Å². The predicted octanol–water partition coefficient (Wildman–Crippen LogP) is -1.11. The maximum Gasteiger partial charge on any atom is 0.220 e. The minimum Gasteiger partial charge on any atom is -0.355 e. The molecule has 1 atom stereocenters. The third-order valence-electron chi connectivity index (χ3n) is 2.27. The van der Waals surface area contributed by atoms with Crippen LogP contribution in [0.4, 0.5) is 0 Å². The molecule has 6 heteroatoms. The van der Waals surface area contributed by atoms with Gasteiger partial charge in [-0.3, -0.25) is 4.79 Å². The first kappa shape index (κ1) is 11.5. The number of carbonyl (C=O) groups excluding carboxylic acids is 1. The van der Waals surface area contributed by atoms with Gasteiger partial charge in [0.15, 0.2) is 9.84 Å². The zero-order valence-electron chi connectivity index (χ0n) is 8.03. The molecule has 1 rings (SSSR count). The first-order chi connectivity index (χ1) is 6.53. The molecule has 1 heterocycles. The number of sulfone groups is 1. The molecular formula is C8H16N2O3S. The summed E-state index contributed by atoms with van der Waals surface area (Å²) in [5, 5.41) is 2.63. The van der Waals surface area contributed by atoms with Crippen molar-refractivity contribution < 1.29 is 13.2 Å². The molecule has 1 saturated heterocycles. The van der Waals surface area contributed by atoms with Gasteiger partial charge in [0.05, 0.1) is 11.5 Å². The lowest BCUT2D eigenvalue weighted by molar-refractivity contribution is -0.121. The van der Waals surface area contributed by atoms with Gasteiger partial charge in [0.1, 0.15) is 0 Å². The van der Waals surface area contributed by atoms with Crippen LogP contribution in [0.15, 0.2) is 0 Å². The topological polar surface area (TPSA) is 89.3 Å². The normalized spacial score (nSPS) is 24.8. The molecule has 0 spiro atoms. The highest BCUT2D eigenvalue weighted by Gasteiger charge is 2.29. The molecule has 0 aliphatic carbocycles. The van der Waals surface area contributed by atoms with Crippen LogP contribution in [-0.4, -0.2) is 38.9 Å². The van der Waals surface area contributed by atoms with Gasteiger partial charge >= 0.3 is 0 Å². The third kappa shape index (κ3) is 3.63. The van der Waals surface area contributed by atoms with E-state index in [9.17, 15) is 13.2 Å². The Morgan fingerprint density at radius 2 is 2.21 bits per heavy atom. The summed E-state index contributed by atoms with van der Waals surface area (Å²) >= 11 is 0. The summed E-state index contributed by atoms with van der Waals surface area (Å²) in [4.78, 5) is 11.2. The summed E-state index contributed by atoms with van der Waals surface area (Å²) in [5.41, 5.74) is 5.22. The van der Waals surface area contributed by atoms with Gasteiger partial charge in [-0.1, -0.05) is 0 Å². The fourth-order valence-electron chi connectivity index (χ4n) is 1.58. The third-order valence-corrected chi connectivity index (χ3v) is 4.10. The molecule has 0 radical (unpaired) electrons. The van der Waals surface area contributed by atoms with E-state index >= 15 is 0 Å². The van der Waals surface area contributed by atoms with Crippen molar-refractivity contribution in [2.45, 2.75) is 12.8 Å². The quantitative estimate of drug-likeness (QED) is 0.628. The van der Waals surface area contributed by atoms with Crippen molar-refractivity contribution in [3.05, 3.63) is 0 Å². The Morgan fingerprint density at radius 3 is 2.71 bits per heavy atom. The number of hydrogen-bond acceptors (Lipinski definition) is 4. The van der Waals surface area contributed by atoms with Crippen molar-refractivity contribution in [1.82, 2.24) is 5.32 Å². The fourth-order valence-corrected chi connectivity index (χ4v) is 3.44. The average Bonchev–Trinajstić information content (AvgIpc) is 2.42. The highest BCUT2D eigenvalue weighted by atomic mass is 32.2. The summed E-state index contributed by atoms with van der Waals surface area (Å²) in [5.74, 6) is 0.278. The van der Waals surface area contributed by atoms with Crippen LogP contribution in [-0.2, 0) is 14.6 Å². The standard InChI is InChI=1S/C8H16N2O3S/c9-2-3-10-8(11)5-7-1-4-14(12,13)6-7/h7H,1-6,9H2,(H,10,11). The molecule has 82 valence electrons. The van der Waals surface area contributed by atoms with Crippen molar-refractivity contribution >= 4 is 15.7 Å². The van der Waals surface area contributed by atoms with Crippen molar-refractivity contribution in [1.29, 1.82) is 0 Å². The predicted molar refractivity (Wildman–Crippen MR) is 53.4 cm³/mol. The number of nitrogens with two attached hydrogens (primary N) is 1. The minimum absolute atomic E-state index is 0.00206. The van der Waals surface area contributed by atoms with Crippen LogP contribution in [0.25, 0.3) is 0 Å². The molecule has 0 aromatic rings. The maximum atomic E-state index is 11.2. The van der Waals surface area contributed by atoms with Crippen LogP contribution < -0.4 is 11.1 Å². The van der Waals surface area contributed by atoms with Gasteiger partial charge in [0.2, 0.25) is 5.91 Å². The molecule has 1 aliphatic rings. The minimum atomic E-state index is -2.87. The largest absolute Gasteiger partial charge is 0.355 e. The van der Waals surface area contributed by atoms with E-state index in [0.29, 0.717) is 25.9 Å². The zero-order chi connectivity index (χ0) is 10.6. The molecule has 1 unspecified atom stereocenters. The van der Waals surface area contributed by atoms with E-state index in [1.165, 1.54) is 0 Å². The molecule has 0 saturated carbocycles. The number of carbonyl (C=O) groups is 1. The lowest BCUT2D eigenvalue weighted by Crippen LogP contribution is -2.30. The monoisotopic (exact) mass is 220 g/mol. The number of amides is 1. The first-order valence-electron chi connectivity index (χ1n) is 4.70. The Kier molecular flexibility index (Phi) is 3.88. The Bertz CT molecular complexity index is 300. The lowest BCUT2D eigenvalue weighted by atomic mass is 10.1. The Morgan fingerprint density at radius 1 is 1.50 bits per heavy atom. The Hall–Kier alpha value is -0.620. The second kappa shape index (κ2) is 4.75. The van der Waals surface area contributed by atoms with Gasteiger partial charge in [0.25, 0.3) is 0 Å². The lowest BCUT2D eigenvalue weighted by Gasteiger charge is -2.07. The van der Waals surface area contributed by atoms with Gasteiger partial charge in [-0.2, -0.15) is 0 Å². The van der Waals surface area contributed by atoms with Crippen molar-refractivity contribution in [2.75, 3.05) is 24.6 Å². The number of rotatable bonds is 4. The summed E-state index contributed by atoms with van der Waals surface area (Å²) in [7, 11) is -2.87. The number of hydrogen-bond donors (Lipinski definition) is 2. The number of nitrogens with one attached hydrogen (secondary N) is 1. The second-order valence-electron chi connectivity index (χ2n) is 3.61. The zero-order valence-corrected chi connectivity index (χ0v) is 8.85. The molecular weight excluding hydrogens is 204 g/mol. The van der Waals surface area contributed by atoms with Crippen LogP contribution in [0.1, 0.15) is 12.8 Å². The summed E-state index contributed by atoms with van der Waals surface area (Å²) in [6.45, 7) is 0.868. The molecule has 0 aromatic carbocycles. The van der Waals surface area contributed by atoms with Gasteiger partial charge in [-0.05, 0) is 12.3 Å². The summed E-state index contributed by atoms with van der Waals surface area (Å²) in [6, 6.07) is 0. The van der Waals surface area contributed by atoms with Gasteiger partial charge in [-0.25, -0.2) is 8.42 Å². The summed E-state index contributed by atoms with van der Waals surface area (Å²) in [6.07, 6.45) is 0.914. The smallest absolute Gasteiger partial charge is 0.220 e. The van der Waals surface area contributed by atoms with Crippen LogP contribution >= 0.6 is 0 Å². The summed E-state index contributed by atoms with van der Waals surface area (Å²) < 4.78 is 22.2. The van der Waals surface area contributed by atoms with E-state index < -0.39 is 9.84 Å². The van der Waals surface area contributed by atoms with E-state index in [1.54, 1.807) is 0 Å². The van der Waals surface area contributed by atoms with Crippen molar-refractivity contribution in [3.8, 4) is 0 Å². The maximum absolute atomic E-state index is 11.2. The molecule has 3 N–H and O–H groups in total. The van der Waals surface area contributed by atoms with Crippen LogP contribution in [0, 0.1) is 5.92 Å². The van der Waals surface area contributed by atoms with E-state index in [2.05, 4.69) is 5.32 Å². The van der Waals surface area contributed by atoms with Gasteiger partial charge in [0, 0.05) is 19.5 Å². The Balaban J connectivity index is 2.29. The molecule has 0 bridgehead atoms. The average molecular weight is 220 g/mol. The van der Waals surface area contributed by atoms with E-state index in [1.807, 2.05) is 0 Å². The van der Waals surface area contributed by atoms with E-state index in [-0.39, 0.29) is 23.3 Å². The molecule has 1 aliphatic heterocycles. The van der Waals surface area contributed by atoms with Crippen LogP contribution in [0.2, 0.25) is 0 Å². The highest BCUT2D eigenvalue weighted by Crippen LogP contribution is 2.21. The molecule has 0 aromatic heterocycles. The molecule has 14 heavy (non-hydrogen) atoms. The highest BCUT2D eigenvalue weighted by molar-refractivity contribution is 7.91. The molecule has 1 amide bonds. The van der Waals surface area contributed by atoms with Crippen molar-refractivity contribution in [2.24, 2.45) is 11.7 Å². The van der Waals surface area contributed by atoms with Gasteiger partial charge < -0.3 is 11.1 Å². The van der Waals surface area contributed by atoms with E-state index in [0.717, 1.165) is 0 Å². The molecule has 1 fully saturated rings. The van der Waals surface area contributed by atoms with Crippen molar-refractivity contribution in [3.63, 3.8) is 0 Å². The van der Waals surface area contributed by atoms with Crippen LogP contribution in [0.3, 0.4) is 0 Å².